The highest BCUT2D eigenvalue weighted by Gasteiger charge is 2.07. The Morgan fingerprint density at radius 3 is 2.84 bits per heavy atom. The van der Waals surface area contributed by atoms with Crippen molar-refractivity contribution in [2.24, 2.45) is 0 Å². The zero-order chi connectivity index (χ0) is 13.8. The normalized spacial score (nSPS) is 10.4. The van der Waals surface area contributed by atoms with Gasteiger partial charge < -0.3 is 14.4 Å². The molecule has 0 amide bonds. The van der Waals surface area contributed by atoms with E-state index in [0.717, 1.165) is 23.3 Å². The second-order valence-electron chi connectivity index (χ2n) is 4.24. The van der Waals surface area contributed by atoms with Gasteiger partial charge in [0, 0.05) is 12.7 Å². The summed E-state index contributed by atoms with van der Waals surface area (Å²) in [7, 11) is 1.66. The number of aryl methyl sites for hydroxylation is 1. The lowest BCUT2D eigenvalue weighted by Gasteiger charge is -2.09. The van der Waals surface area contributed by atoms with E-state index in [-0.39, 0.29) is 5.69 Å². The van der Waals surface area contributed by atoms with Gasteiger partial charge in [-0.25, -0.2) is 9.78 Å². The van der Waals surface area contributed by atoms with Crippen LogP contribution in [0.4, 0.5) is 0 Å². The maximum Gasteiger partial charge on any atom is 0.356 e. The van der Waals surface area contributed by atoms with Crippen molar-refractivity contribution in [2.45, 2.75) is 19.9 Å². The van der Waals surface area contributed by atoms with Gasteiger partial charge in [-0.2, -0.15) is 0 Å². The average molecular weight is 260 g/mol. The zero-order valence-electron chi connectivity index (χ0n) is 11.0. The number of ether oxygens (including phenoxy) is 1. The molecule has 1 aromatic carbocycles. The maximum atomic E-state index is 10.8. The smallest absolute Gasteiger partial charge is 0.356 e. The van der Waals surface area contributed by atoms with Gasteiger partial charge >= 0.3 is 5.97 Å². The van der Waals surface area contributed by atoms with Gasteiger partial charge in [0.15, 0.2) is 5.69 Å². The van der Waals surface area contributed by atoms with Crippen molar-refractivity contribution < 1.29 is 14.6 Å². The van der Waals surface area contributed by atoms with E-state index in [1.54, 1.807) is 11.7 Å². The molecule has 1 heterocycles. The van der Waals surface area contributed by atoms with Gasteiger partial charge in [0.05, 0.1) is 13.4 Å². The third kappa shape index (κ3) is 2.93. The van der Waals surface area contributed by atoms with Crippen LogP contribution in [0.25, 0.3) is 0 Å². The summed E-state index contributed by atoms with van der Waals surface area (Å²) >= 11 is 0. The molecule has 1 N–H and O–H groups in total. The minimum atomic E-state index is -1.01. The third-order valence-corrected chi connectivity index (χ3v) is 2.94. The molecule has 100 valence electrons. The number of hydrogen-bond donors (Lipinski definition) is 1. The summed E-state index contributed by atoms with van der Waals surface area (Å²) < 4.78 is 7.03. The van der Waals surface area contributed by atoms with Crippen LogP contribution < -0.4 is 4.74 Å². The first-order valence-corrected chi connectivity index (χ1v) is 6.05. The first kappa shape index (κ1) is 13.1. The molecule has 0 saturated carbocycles. The van der Waals surface area contributed by atoms with Crippen molar-refractivity contribution in [1.29, 1.82) is 0 Å². The standard InChI is InChI=1S/C14H16N2O3/c1-3-11-6-10(4-5-13(11)19-2)7-16-8-12(14(17)18)15-9-16/h4-6,8-9H,3,7H2,1-2H3,(H,17,18). The molecule has 19 heavy (non-hydrogen) atoms. The molecule has 0 saturated heterocycles. The summed E-state index contributed by atoms with van der Waals surface area (Å²) in [6.07, 6.45) is 3.94. The van der Waals surface area contributed by atoms with Gasteiger partial charge in [-0.05, 0) is 23.6 Å². The van der Waals surface area contributed by atoms with Crippen LogP contribution in [0.2, 0.25) is 0 Å². The Bertz CT molecular complexity index is 590. The number of benzene rings is 1. The van der Waals surface area contributed by atoms with Gasteiger partial charge in [0.25, 0.3) is 0 Å². The minimum absolute atomic E-state index is 0.0595. The second-order valence-corrected chi connectivity index (χ2v) is 4.24. The van der Waals surface area contributed by atoms with Gasteiger partial charge in [0.2, 0.25) is 0 Å². The quantitative estimate of drug-likeness (QED) is 0.895. The molecule has 0 unspecified atom stereocenters. The molecule has 2 rings (SSSR count). The lowest BCUT2D eigenvalue weighted by molar-refractivity contribution is 0.0691. The van der Waals surface area contributed by atoms with Crippen LogP contribution >= 0.6 is 0 Å². The number of carboxylic acid groups (broad SMARTS) is 1. The Kier molecular flexibility index (Phi) is 3.85. The third-order valence-electron chi connectivity index (χ3n) is 2.94. The molecule has 0 aliphatic heterocycles. The molecule has 5 heteroatoms. The molecule has 2 aromatic rings. The number of hydrogen-bond acceptors (Lipinski definition) is 3. The summed E-state index contributed by atoms with van der Waals surface area (Å²) in [5.41, 5.74) is 2.29. The van der Waals surface area contributed by atoms with Crippen molar-refractivity contribution in [2.75, 3.05) is 7.11 Å². The summed E-state index contributed by atoms with van der Waals surface area (Å²) in [4.78, 5) is 14.6. The summed E-state index contributed by atoms with van der Waals surface area (Å²) in [6.45, 7) is 2.67. The van der Waals surface area contributed by atoms with Crippen molar-refractivity contribution in [1.82, 2.24) is 9.55 Å². The predicted molar refractivity (Wildman–Crippen MR) is 70.7 cm³/mol. The highest BCUT2D eigenvalue weighted by atomic mass is 16.5. The van der Waals surface area contributed by atoms with E-state index in [4.69, 9.17) is 9.84 Å². The Morgan fingerprint density at radius 2 is 2.26 bits per heavy atom. The topological polar surface area (TPSA) is 64.4 Å². The van der Waals surface area contributed by atoms with Gasteiger partial charge in [-0.3, -0.25) is 0 Å². The van der Waals surface area contributed by atoms with Crippen LogP contribution in [-0.4, -0.2) is 27.7 Å². The van der Waals surface area contributed by atoms with Crippen LogP contribution in [0.5, 0.6) is 5.75 Å². The number of aromatic carboxylic acids is 1. The van der Waals surface area contributed by atoms with E-state index in [1.807, 2.05) is 12.1 Å². The van der Waals surface area contributed by atoms with Crippen molar-refractivity contribution in [3.63, 3.8) is 0 Å². The molecule has 0 spiro atoms. The minimum Gasteiger partial charge on any atom is -0.496 e. The number of methoxy groups -OCH3 is 1. The monoisotopic (exact) mass is 260 g/mol. The Balaban J connectivity index is 2.20. The predicted octanol–water partition coefficient (Wildman–Crippen LogP) is 2.20. The molecule has 5 nitrogen and oxygen atoms in total. The molecule has 0 aliphatic carbocycles. The second kappa shape index (κ2) is 5.56. The van der Waals surface area contributed by atoms with E-state index in [2.05, 4.69) is 18.0 Å². The van der Waals surface area contributed by atoms with Crippen LogP contribution in [-0.2, 0) is 13.0 Å². The SMILES string of the molecule is CCc1cc(Cn2cnc(C(=O)O)c2)ccc1OC. The number of carboxylic acids is 1. The van der Waals surface area contributed by atoms with Crippen LogP contribution in [0.15, 0.2) is 30.7 Å². The van der Waals surface area contributed by atoms with Gasteiger partial charge in [-0.1, -0.05) is 19.1 Å². The molecule has 0 bridgehead atoms. The van der Waals surface area contributed by atoms with Crippen molar-refractivity contribution >= 4 is 5.97 Å². The highest BCUT2D eigenvalue weighted by molar-refractivity contribution is 5.84. The van der Waals surface area contributed by atoms with Crippen molar-refractivity contribution in [3.8, 4) is 5.75 Å². The number of nitrogens with zero attached hydrogens (tertiary/aromatic N) is 2. The molecule has 1 aromatic heterocycles. The fourth-order valence-electron chi connectivity index (χ4n) is 1.97. The number of aromatic nitrogens is 2. The Hall–Kier alpha value is -2.30. The number of imidazole rings is 1. The van der Waals surface area contributed by atoms with Crippen LogP contribution in [0.1, 0.15) is 28.5 Å². The first-order chi connectivity index (χ1) is 9.13. The fraction of sp³-hybridized carbons (Fsp3) is 0.286. The maximum absolute atomic E-state index is 10.8. The lowest BCUT2D eigenvalue weighted by Crippen LogP contribution is -2.00. The van der Waals surface area contributed by atoms with Gasteiger partial charge in [0.1, 0.15) is 5.75 Å². The molecule has 0 fully saturated rings. The molecular weight excluding hydrogens is 244 g/mol. The zero-order valence-corrected chi connectivity index (χ0v) is 11.0. The Morgan fingerprint density at radius 1 is 1.47 bits per heavy atom. The van der Waals surface area contributed by atoms with E-state index < -0.39 is 5.97 Å². The largest absolute Gasteiger partial charge is 0.496 e. The lowest BCUT2D eigenvalue weighted by atomic mass is 10.1. The Labute approximate surface area is 111 Å². The molecular formula is C14H16N2O3. The van der Waals surface area contributed by atoms with E-state index in [1.165, 1.54) is 12.5 Å². The van der Waals surface area contributed by atoms with Crippen molar-refractivity contribution in [3.05, 3.63) is 47.5 Å². The molecule has 0 atom stereocenters. The van der Waals surface area contributed by atoms with Gasteiger partial charge in [-0.15, -0.1) is 0 Å². The summed E-state index contributed by atoms with van der Waals surface area (Å²) in [6, 6.07) is 5.97. The number of rotatable bonds is 5. The average Bonchev–Trinajstić information content (AvgIpc) is 2.87. The van der Waals surface area contributed by atoms with E-state index in [0.29, 0.717) is 6.54 Å². The summed E-state index contributed by atoms with van der Waals surface area (Å²) in [5.74, 6) is -0.133. The van der Waals surface area contributed by atoms with E-state index >= 15 is 0 Å². The fourth-order valence-corrected chi connectivity index (χ4v) is 1.97. The van der Waals surface area contributed by atoms with Crippen LogP contribution in [0.3, 0.4) is 0 Å². The van der Waals surface area contributed by atoms with Crippen LogP contribution in [0, 0.1) is 0 Å². The summed E-state index contributed by atoms with van der Waals surface area (Å²) in [5, 5.41) is 8.82. The first-order valence-electron chi connectivity index (χ1n) is 6.05. The van der Waals surface area contributed by atoms with E-state index in [9.17, 15) is 4.79 Å². The number of carbonyl (C=O) groups is 1. The molecule has 0 aliphatic rings. The molecule has 0 radical (unpaired) electrons. The highest BCUT2D eigenvalue weighted by Crippen LogP contribution is 2.20.